The highest BCUT2D eigenvalue weighted by Gasteiger charge is 2.24. The van der Waals surface area contributed by atoms with Crippen molar-refractivity contribution >= 4 is 0 Å². The first-order valence-corrected chi connectivity index (χ1v) is 6.46. The second-order valence-electron chi connectivity index (χ2n) is 5.14. The molecule has 0 heterocycles. The number of nitriles is 1. The van der Waals surface area contributed by atoms with Gasteiger partial charge in [0.1, 0.15) is 18.4 Å². The topological polar surface area (TPSA) is 45.0 Å². The van der Waals surface area contributed by atoms with Gasteiger partial charge in [-0.15, -0.1) is 0 Å². The summed E-state index contributed by atoms with van der Waals surface area (Å²) in [4.78, 5) is 0. The first-order chi connectivity index (χ1) is 8.60. The van der Waals surface area contributed by atoms with E-state index < -0.39 is 0 Å². The van der Waals surface area contributed by atoms with Crippen molar-refractivity contribution in [3.05, 3.63) is 28.8 Å². The van der Waals surface area contributed by atoms with Crippen molar-refractivity contribution in [1.82, 2.24) is 5.32 Å². The number of aryl methyl sites for hydroxylation is 2. The van der Waals surface area contributed by atoms with Crippen LogP contribution in [0.3, 0.4) is 0 Å². The van der Waals surface area contributed by atoms with Gasteiger partial charge in [0.05, 0.1) is 6.07 Å². The molecule has 1 unspecified atom stereocenters. The summed E-state index contributed by atoms with van der Waals surface area (Å²) >= 11 is 0. The largest absolute Gasteiger partial charge is 0.491 e. The lowest BCUT2D eigenvalue weighted by Crippen LogP contribution is -2.34. The van der Waals surface area contributed by atoms with Crippen molar-refractivity contribution in [3.63, 3.8) is 0 Å². The molecular formula is C15H20N2O. The predicted molar refractivity (Wildman–Crippen MR) is 71.7 cm³/mol. The Morgan fingerprint density at radius 3 is 2.72 bits per heavy atom. The van der Waals surface area contributed by atoms with Gasteiger partial charge in [-0.05, 0) is 56.4 Å². The molecule has 0 radical (unpaired) electrons. The minimum Gasteiger partial charge on any atom is -0.491 e. The SMILES string of the molecule is Cc1cc(C)c(C)c(OCC(C#N)NC2CC2)c1. The maximum Gasteiger partial charge on any atom is 0.130 e. The van der Waals surface area contributed by atoms with Crippen LogP contribution in [-0.2, 0) is 0 Å². The molecule has 1 aromatic rings. The lowest BCUT2D eigenvalue weighted by Gasteiger charge is -2.15. The van der Waals surface area contributed by atoms with Crippen LogP contribution in [0.15, 0.2) is 12.1 Å². The molecule has 0 aliphatic heterocycles. The van der Waals surface area contributed by atoms with Crippen molar-refractivity contribution in [3.8, 4) is 11.8 Å². The Morgan fingerprint density at radius 2 is 2.11 bits per heavy atom. The molecule has 1 atom stereocenters. The van der Waals surface area contributed by atoms with E-state index in [4.69, 9.17) is 10.00 Å². The third-order valence-electron chi connectivity index (χ3n) is 3.34. The maximum atomic E-state index is 9.07. The lowest BCUT2D eigenvalue weighted by molar-refractivity contribution is 0.286. The summed E-state index contributed by atoms with van der Waals surface area (Å²) in [5.41, 5.74) is 3.58. The van der Waals surface area contributed by atoms with Gasteiger partial charge in [-0.1, -0.05) is 6.07 Å². The second kappa shape index (κ2) is 5.41. The van der Waals surface area contributed by atoms with Crippen molar-refractivity contribution in [2.75, 3.05) is 6.61 Å². The van der Waals surface area contributed by atoms with Crippen LogP contribution in [0, 0.1) is 32.1 Å². The molecule has 1 aromatic carbocycles. The summed E-state index contributed by atoms with van der Waals surface area (Å²) in [6.45, 7) is 6.61. The smallest absolute Gasteiger partial charge is 0.130 e. The quantitative estimate of drug-likeness (QED) is 0.866. The molecule has 0 aromatic heterocycles. The number of nitrogens with zero attached hydrogens (tertiary/aromatic N) is 1. The van der Waals surface area contributed by atoms with Crippen molar-refractivity contribution in [2.24, 2.45) is 0 Å². The Bertz CT molecular complexity index is 472. The number of benzene rings is 1. The molecule has 0 saturated heterocycles. The average molecular weight is 244 g/mol. The Labute approximate surface area is 109 Å². The van der Waals surface area contributed by atoms with Crippen LogP contribution in [-0.4, -0.2) is 18.7 Å². The highest BCUT2D eigenvalue weighted by Crippen LogP contribution is 2.24. The van der Waals surface area contributed by atoms with E-state index in [1.54, 1.807) is 0 Å². The van der Waals surface area contributed by atoms with Crippen LogP contribution < -0.4 is 10.1 Å². The van der Waals surface area contributed by atoms with E-state index in [9.17, 15) is 0 Å². The Morgan fingerprint density at radius 1 is 1.39 bits per heavy atom. The van der Waals surface area contributed by atoms with E-state index in [-0.39, 0.29) is 6.04 Å². The fraction of sp³-hybridized carbons (Fsp3) is 0.533. The summed E-state index contributed by atoms with van der Waals surface area (Å²) in [7, 11) is 0. The summed E-state index contributed by atoms with van der Waals surface area (Å²) in [5.74, 6) is 0.894. The molecule has 0 spiro atoms. The normalized spacial score (nSPS) is 16.1. The van der Waals surface area contributed by atoms with Crippen molar-refractivity contribution in [2.45, 2.75) is 45.7 Å². The summed E-state index contributed by atoms with van der Waals surface area (Å²) in [6.07, 6.45) is 2.36. The first-order valence-electron chi connectivity index (χ1n) is 6.46. The van der Waals surface area contributed by atoms with Gasteiger partial charge < -0.3 is 4.74 Å². The van der Waals surface area contributed by atoms with E-state index in [1.807, 2.05) is 6.07 Å². The third kappa shape index (κ3) is 3.24. The standard InChI is InChI=1S/C15H20N2O/c1-10-6-11(2)12(3)15(7-10)18-9-14(8-16)17-13-4-5-13/h6-7,13-14,17H,4-5,9H2,1-3H3. The Balaban J connectivity index is 1.98. The van der Waals surface area contributed by atoms with Crippen LogP contribution >= 0.6 is 0 Å². The molecule has 0 amide bonds. The molecule has 18 heavy (non-hydrogen) atoms. The predicted octanol–water partition coefficient (Wildman–Crippen LogP) is 2.63. The molecular weight excluding hydrogens is 224 g/mol. The minimum absolute atomic E-state index is 0.210. The fourth-order valence-electron chi connectivity index (χ4n) is 1.98. The zero-order valence-electron chi connectivity index (χ0n) is 11.3. The van der Waals surface area contributed by atoms with Crippen molar-refractivity contribution in [1.29, 1.82) is 5.26 Å². The molecule has 1 N–H and O–H groups in total. The van der Waals surface area contributed by atoms with Gasteiger partial charge in [-0.25, -0.2) is 0 Å². The molecule has 1 saturated carbocycles. The molecule has 2 rings (SSSR count). The number of nitrogens with one attached hydrogen (secondary N) is 1. The molecule has 96 valence electrons. The number of hydrogen-bond acceptors (Lipinski definition) is 3. The van der Waals surface area contributed by atoms with Gasteiger partial charge in [0, 0.05) is 6.04 Å². The zero-order valence-corrected chi connectivity index (χ0v) is 11.3. The molecule has 3 heteroatoms. The molecule has 0 bridgehead atoms. The van der Waals surface area contributed by atoms with Crippen LogP contribution in [0.5, 0.6) is 5.75 Å². The van der Waals surface area contributed by atoms with Gasteiger partial charge >= 0.3 is 0 Å². The minimum atomic E-state index is -0.210. The maximum absolute atomic E-state index is 9.07. The van der Waals surface area contributed by atoms with Gasteiger partial charge in [-0.2, -0.15) is 5.26 Å². The van der Waals surface area contributed by atoms with Gasteiger partial charge in [0.2, 0.25) is 0 Å². The summed E-state index contributed by atoms with van der Waals surface area (Å²) in [5, 5.41) is 12.3. The molecule has 3 nitrogen and oxygen atoms in total. The lowest BCUT2D eigenvalue weighted by atomic mass is 10.1. The van der Waals surface area contributed by atoms with E-state index in [0.717, 1.165) is 11.3 Å². The van der Waals surface area contributed by atoms with E-state index in [1.165, 1.54) is 24.0 Å². The van der Waals surface area contributed by atoms with Gasteiger partial charge in [0.15, 0.2) is 0 Å². The van der Waals surface area contributed by atoms with Crippen LogP contribution in [0.2, 0.25) is 0 Å². The number of rotatable bonds is 5. The summed E-state index contributed by atoms with van der Waals surface area (Å²) < 4.78 is 5.80. The highest BCUT2D eigenvalue weighted by atomic mass is 16.5. The Kier molecular flexibility index (Phi) is 3.88. The number of ether oxygens (including phenoxy) is 1. The number of hydrogen-bond donors (Lipinski definition) is 1. The van der Waals surface area contributed by atoms with Crippen LogP contribution in [0.1, 0.15) is 29.5 Å². The summed E-state index contributed by atoms with van der Waals surface area (Å²) in [6, 6.07) is 6.75. The molecule has 1 aliphatic rings. The third-order valence-corrected chi connectivity index (χ3v) is 3.34. The van der Waals surface area contributed by atoms with Crippen LogP contribution in [0.25, 0.3) is 0 Å². The Hall–Kier alpha value is -1.53. The van der Waals surface area contributed by atoms with Gasteiger partial charge in [0.25, 0.3) is 0 Å². The van der Waals surface area contributed by atoms with Gasteiger partial charge in [-0.3, -0.25) is 5.32 Å². The monoisotopic (exact) mass is 244 g/mol. The highest BCUT2D eigenvalue weighted by molar-refractivity contribution is 5.42. The van der Waals surface area contributed by atoms with E-state index >= 15 is 0 Å². The zero-order chi connectivity index (χ0) is 13.1. The molecule has 1 fully saturated rings. The van der Waals surface area contributed by atoms with Crippen LogP contribution in [0.4, 0.5) is 0 Å². The second-order valence-corrected chi connectivity index (χ2v) is 5.14. The first kappa shape index (κ1) is 12.9. The van der Waals surface area contributed by atoms with E-state index in [0.29, 0.717) is 12.6 Å². The van der Waals surface area contributed by atoms with E-state index in [2.05, 4.69) is 38.2 Å². The molecule has 1 aliphatic carbocycles. The fourth-order valence-corrected chi connectivity index (χ4v) is 1.98. The van der Waals surface area contributed by atoms with Crippen molar-refractivity contribution < 1.29 is 4.74 Å². The average Bonchev–Trinajstić information content (AvgIpc) is 3.13.